The number of hydrogen-bond acceptors (Lipinski definition) is 1. The first kappa shape index (κ1) is 25.4. The predicted molar refractivity (Wildman–Crippen MR) is 142 cm³/mol. The molecule has 0 aliphatic heterocycles. The summed E-state index contributed by atoms with van der Waals surface area (Å²) in [6.07, 6.45) is 10.7. The number of hydrogen-bond donors (Lipinski definition) is 1. The third kappa shape index (κ3) is 6.02. The lowest BCUT2D eigenvalue weighted by atomic mass is 9.77. The Labute approximate surface area is 203 Å². The summed E-state index contributed by atoms with van der Waals surface area (Å²) in [5.41, 5.74) is 11.5. The summed E-state index contributed by atoms with van der Waals surface area (Å²) in [7, 11) is 0. The van der Waals surface area contributed by atoms with Gasteiger partial charge < -0.3 is 5.73 Å². The van der Waals surface area contributed by atoms with Gasteiger partial charge in [-0.15, -0.1) is 0 Å². The molecule has 2 aromatic carbocycles. The molecule has 1 saturated carbocycles. The Morgan fingerprint density at radius 3 is 2.29 bits per heavy atom. The molecule has 0 amide bonds. The Balaban J connectivity index is 1.89. The molecule has 34 heavy (non-hydrogen) atoms. The lowest BCUT2D eigenvalue weighted by molar-refractivity contribution is 0.369. The molecular weight excluding hydrogens is 424 g/mol. The molecule has 178 valence electrons. The van der Waals surface area contributed by atoms with E-state index >= 15 is 0 Å². The largest absolute Gasteiger partial charge is 0.396 e. The smallest absolute Gasteiger partial charge is 0.156 e. The highest BCUT2D eigenvalue weighted by Crippen LogP contribution is 2.38. The average Bonchev–Trinajstić information content (AvgIpc) is 2.83. The van der Waals surface area contributed by atoms with Gasteiger partial charge in [-0.1, -0.05) is 73.4 Å². The van der Waals surface area contributed by atoms with Crippen LogP contribution < -0.4 is 5.73 Å². The third-order valence-electron chi connectivity index (χ3n) is 6.83. The van der Waals surface area contributed by atoms with E-state index in [0.717, 1.165) is 48.8 Å². The van der Waals surface area contributed by atoms with Gasteiger partial charge in [0.15, 0.2) is 5.82 Å². The number of anilines is 1. The van der Waals surface area contributed by atoms with Crippen LogP contribution in [0.1, 0.15) is 68.6 Å². The summed E-state index contributed by atoms with van der Waals surface area (Å²) in [5, 5.41) is 0. The highest BCUT2D eigenvalue weighted by atomic mass is 19.1. The summed E-state index contributed by atoms with van der Waals surface area (Å²) in [5.74, 6) is -0.672. The Kier molecular flexibility index (Phi) is 8.44. The van der Waals surface area contributed by atoms with E-state index < -0.39 is 11.6 Å². The maximum Gasteiger partial charge on any atom is 0.156 e. The molecule has 2 aromatic rings. The fraction of sp³-hybridized carbons (Fsp3) is 0.290. The van der Waals surface area contributed by atoms with E-state index in [1.807, 2.05) is 13.0 Å². The zero-order chi connectivity index (χ0) is 24.8. The van der Waals surface area contributed by atoms with Crippen LogP contribution in [0, 0.1) is 17.6 Å². The predicted octanol–water partition coefficient (Wildman–Crippen LogP) is 9.02. The Morgan fingerprint density at radius 1 is 1.06 bits per heavy atom. The molecule has 3 heteroatoms. The molecule has 1 fully saturated rings. The van der Waals surface area contributed by atoms with Crippen molar-refractivity contribution in [1.82, 2.24) is 0 Å². The van der Waals surface area contributed by atoms with Gasteiger partial charge in [-0.25, -0.2) is 8.78 Å². The molecular formula is C31H35F2N. The zero-order valence-corrected chi connectivity index (χ0v) is 20.3. The van der Waals surface area contributed by atoms with Crippen molar-refractivity contribution in [2.45, 2.75) is 51.9 Å². The van der Waals surface area contributed by atoms with E-state index in [1.165, 1.54) is 23.3 Å². The van der Waals surface area contributed by atoms with Gasteiger partial charge in [0.25, 0.3) is 0 Å². The molecule has 1 aliphatic carbocycles. The molecule has 1 nitrogen and oxygen atoms in total. The summed E-state index contributed by atoms with van der Waals surface area (Å²) < 4.78 is 29.1. The first-order valence-corrected chi connectivity index (χ1v) is 11.9. The van der Waals surface area contributed by atoms with Crippen LogP contribution in [0.15, 0.2) is 85.5 Å². The van der Waals surface area contributed by atoms with Crippen LogP contribution in [-0.4, -0.2) is 0 Å². The van der Waals surface area contributed by atoms with Gasteiger partial charge in [-0.2, -0.15) is 0 Å². The van der Waals surface area contributed by atoms with Crippen molar-refractivity contribution < 1.29 is 8.78 Å². The van der Waals surface area contributed by atoms with Crippen molar-refractivity contribution >= 4 is 16.8 Å². The van der Waals surface area contributed by atoms with Crippen molar-refractivity contribution in [3.63, 3.8) is 0 Å². The van der Waals surface area contributed by atoms with Gasteiger partial charge in [0, 0.05) is 5.92 Å². The van der Waals surface area contributed by atoms with E-state index in [1.54, 1.807) is 19.1 Å². The first-order chi connectivity index (χ1) is 16.2. The van der Waals surface area contributed by atoms with Crippen LogP contribution in [0.25, 0.3) is 11.1 Å². The van der Waals surface area contributed by atoms with Gasteiger partial charge in [0.1, 0.15) is 5.82 Å². The maximum absolute atomic E-state index is 14.6. The fourth-order valence-electron chi connectivity index (χ4n) is 4.63. The summed E-state index contributed by atoms with van der Waals surface area (Å²) in [6.45, 7) is 16.3. The van der Waals surface area contributed by atoms with Crippen molar-refractivity contribution in [2.24, 2.45) is 5.92 Å². The normalized spacial score (nSPS) is 16.1. The second kappa shape index (κ2) is 11.3. The van der Waals surface area contributed by atoms with Crippen LogP contribution in [-0.2, 0) is 0 Å². The van der Waals surface area contributed by atoms with Crippen LogP contribution in [0.2, 0.25) is 0 Å². The topological polar surface area (TPSA) is 26.0 Å². The molecule has 0 radical (unpaired) electrons. The van der Waals surface area contributed by atoms with Crippen molar-refractivity contribution in [1.29, 1.82) is 0 Å². The fourth-order valence-corrected chi connectivity index (χ4v) is 4.63. The quantitative estimate of drug-likeness (QED) is 0.238. The number of nitrogen functional groups attached to an aromatic ring is 1. The highest BCUT2D eigenvalue weighted by Gasteiger charge is 2.23. The molecule has 0 bridgehead atoms. The Morgan fingerprint density at radius 2 is 1.71 bits per heavy atom. The number of allylic oxidation sites excluding steroid dienone is 7. The average molecular weight is 460 g/mol. The standard InChI is InChI=1S/C31H35F2N/c1-6-24(30-28(32)17-18-29(34)31(30)33)12-9-22(5)27(19-23-10-7-21(4)8-11-23)26-15-13-25(14-16-26)20(2)3/h6,9,12-18,23,27H,2,4-5,7-8,10-11,19,34H2,1,3H3/b12-9-,24-6+. The number of halogens is 2. The van der Waals surface area contributed by atoms with Crippen molar-refractivity contribution in [3.05, 3.63) is 114 Å². The van der Waals surface area contributed by atoms with Gasteiger partial charge in [-0.05, 0) is 86.3 Å². The zero-order valence-electron chi connectivity index (χ0n) is 20.3. The SMILES string of the molecule is C=C1CCC(CC(C(=C)/C=C\C(=C/C)c2c(F)ccc(N)c2F)c2ccc(C(=C)C)cc2)CC1. The molecule has 1 unspecified atom stereocenters. The molecule has 1 aliphatic rings. The summed E-state index contributed by atoms with van der Waals surface area (Å²) in [4.78, 5) is 0. The maximum atomic E-state index is 14.6. The minimum absolute atomic E-state index is 0.0719. The molecule has 3 rings (SSSR count). The second-order valence-electron chi connectivity index (χ2n) is 9.36. The molecule has 0 heterocycles. The van der Waals surface area contributed by atoms with Crippen LogP contribution in [0.3, 0.4) is 0 Å². The first-order valence-electron chi connectivity index (χ1n) is 11.9. The van der Waals surface area contributed by atoms with Crippen molar-refractivity contribution in [3.8, 4) is 0 Å². The Hall–Kier alpha value is -3.20. The molecule has 2 N–H and O–H groups in total. The van der Waals surface area contributed by atoms with E-state index in [-0.39, 0.29) is 17.2 Å². The third-order valence-corrected chi connectivity index (χ3v) is 6.83. The van der Waals surface area contributed by atoms with E-state index in [9.17, 15) is 8.78 Å². The summed E-state index contributed by atoms with van der Waals surface area (Å²) >= 11 is 0. The minimum Gasteiger partial charge on any atom is -0.396 e. The monoisotopic (exact) mass is 459 g/mol. The van der Waals surface area contributed by atoms with Crippen LogP contribution >= 0.6 is 0 Å². The van der Waals surface area contributed by atoms with E-state index in [0.29, 0.717) is 11.5 Å². The number of benzene rings is 2. The molecule has 0 saturated heterocycles. The van der Waals surface area contributed by atoms with Crippen LogP contribution in [0.4, 0.5) is 14.5 Å². The molecule has 1 atom stereocenters. The van der Waals surface area contributed by atoms with Gasteiger partial charge >= 0.3 is 0 Å². The lowest BCUT2D eigenvalue weighted by Gasteiger charge is -2.28. The van der Waals surface area contributed by atoms with Gasteiger partial charge in [0.2, 0.25) is 0 Å². The molecule has 0 aromatic heterocycles. The Bertz CT molecular complexity index is 1120. The minimum atomic E-state index is -0.738. The highest BCUT2D eigenvalue weighted by molar-refractivity contribution is 5.77. The molecule has 0 spiro atoms. The second-order valence-corrected chi connectivity index (χ2v) is 9.36. The lowest BCUT2D eigenvalue weighted by Crippen LogP contribution is -2.13. The summed E-state index contributed by atoms with van der Waals surface area (Å²) in [6, 6.07) is 10.9. The van der Waals surface area contributed by atoms with Crippen LogP contribution in [0.5, 0.6) is 0 Å². The van der Waals surface area contributed by atoms with Gasteiger partial charge in [-0.3, -0.25) is 0 Å². The van der Waals surface area contributed by atoms with Crippen molar-refractivity contribution in [2.75, 3.05) is 5.73 Å². The van der Waals surface area contributed by atoms with Gasteiger partial charge in [0.05, 0.1) is 11.3 Å². The van der Waals surface area contributed by atoms with E-state index in [2.05, 4.69) is 44.0 Å². The number of nitrogens with two attached hydrogens (primary N) is 1. The van der Waals surface area contributed by atoms with E-state index in [4.69, 9.17) is 5.73 Å². The number of rotatable bonds is 8.